The van der Waals surface area contributed by atoms with Gasteiger partial charge in [-0.15, -0.1) is 0 Å². The monoisotopic (exact) mass is 291 g/mol. The van der Waals surface area contributed by atoms with E-state index >= 15 is 0 Å². The minimum absolute atomic E-state index is 0. The molecule has 1 aromatic rings. The van der Waals surface area contributed by atoms with Crippen molar-refractivity contribution in [2.75, 3.05) is 23.0 Å². The second-order valence-electron chi connectivity index (χ2n) is 4.24. The molecule has 0 fully saturated rings. The molecule has 19 heavy (non-hydrogen) atoms. The van der Waals surface area contributed by atoms with E-state index in [2.05, 4.69) is 6.92 Å². The number of hydrogen-bond acceptors (Lipinski definition) is 3. The molecule has 1 aromatic carbocycles. The zero-order valence-corrected chi connectivity index (χ0v) is 12.0. The van der Waals surface area contributed by atoms with Crippen LogP contribution in [0.25, 0.3) is 0 Å². The molecule has 0 unspecified atom stereocenters. The number of aliphatic carboxylic acids is 1. The summed E-state index contributed by atoms with van der Waals surface area (Å²) in [6.45, 7) is 6.64. The van der Waals surface area contributed by atoms with Crippen LogP contribution in [0.2, 0.25) is 0 Å². The summed E-state index contributed by atoms with van der Waals surface area (Å²) in [6.07, 6.45) is 0. The third-order valence-electron chi connectivity index (χ3n) is 2.87. The van der Waals surface area contributed by atoms with Crippen molar-refractivity contribution in [3.63, 3.8) is 0 Å². The normalized spacial score (nSPS) is 11.5. The number of aryl methyl sites for hydroxylation is 1. The molecule has 1 atom stereocenters. The quantitative estimate of drug-likeness (QED) is 0.618. The fraction of sp³-hybridized carbons (Fsp3) is 0.500. The summed E-state index contributed by atoms with van der Waals surface area (Å²) in [5.74, 6) is 1.22. The van der Waals surface area contributed by atoms with Crippen LogP contribution in [0.1, 0.15) is 19.4 Å². The second kappa shape index (κ2) is 9.70. The first-order valence-corrected chi connectivity index (χ1v) is 7.35. The summed E-state index contributed by atoms with van der Waals surface area (Å²) < 4.78 is 0. The van der Waals surface area contributed by atoms with E-state index in [1.165, 1.54) is 5.56 Å². The van der Waals surface area contributed by atoms with Crippen molar-refractivity contribution in [1.82, 2.24) is 0 Å². The maximum absolute atomic E-state index is 11.2. The van der Waals surface area contributed by atoms with E-state index in [1.807, 2.05) is 47.9 Å². The third kappa shape index (κ3) is 6.21. The first-order valence-electron chi connectivity index (χ1n) is 6.20. The van der Waals surface area contributed by atoms with Gasteiger partial charge in [0.1, 0.15) is 6.04 Å². The fourth-order valence-corrected chi connectivity index (χ4v) is 2.34. The Morgan fingerprint density at radius 2 is 1.95 bits per heavy atom. The Morgan fingerprint density at radius 3 is 2.42 bits per heavy atom. The van der Waals surface area contributed by atoms with Crippen molar-refractivity contribution >= 4 is 53.0 Å². The van der Waals surface area contributed by atoms with E-state index in [4.69, 9.17) is 0 Å². The Kier molecular flexibility index (Phi) is 9.62. The zero-order valence-electron chi connectivity index (χ0n) is 11.2. The van der Waals surface area contributed by atoms with Crippen molar-refractivity contribution in [3.05, 3.63) is 29.8 Å². The topological polar surface area (TPSA) is 40.5 Å². The average Bonchev–Trinajstić information content (AvgIpc) is 2.35. The molecule has 0 saturated carbocycles. The van der Waals surface area contributed by atoms with Gasteiger partial charge in [0.25, 0.3) is 0 Å². The van der Waals surface area contributed by atoms with Crippen LogP contribution in [0, 0.1) is 6.92 Å². The van der Waals surface area contributed by atoms with E-state index in [1.54, 1.807) is 6.92 Å². The predicted molar refractivity (Wildman–Crippen MR) is 85.8 cm³/mol. The molecule has 0 heterocycles. The molecule has 0 bridgehead atoms. The Morgan fingerprint density at radius 1 is 1.37 bits per heavy atom. The number of hydrogen-bond donors (Lipinski definition) is 1. The molecular formula is C14H22NNaO2S. The van der Waals surface area contributed by atoms with Gasteiger partial charge in [0, 0.05) is 18.0 Å². The Bertz CT molecular complexity index is 384. The van der Waals surface area contributed by atoms with Gasteiger partial charge in [-0.25, -0.2) is 4.79 Å². The molecule has 0 radical (unpaired) electrons. The van der Waals surface area contributed by atoms with Crippen molar-refractivity contribution in [2.24, 2.45) is 0 Å². The predicted octanol–water partition coefficient (Wildman–Crippen LogP) is 2.38. The summed E-state index contributed by atoms with van der Waals surface area (Å²) in [5.41, 5.74) is 2.16. The number of anilines is 1. The van der Waals surface area contributed by atoms with E-state index in [9.17, 15) is 9.90 Å². The standard InChI is InChI=1S/C14H21NO2S.Na.H/c1-4-18-10-9-15(12(3)14(16)17)13-7-5-11(2)6-8-13;;/h5-8,12H,4,9-10H2,1-3H3,(H,16,17);;/t12-;;/m0../s1. The minimum atomic E-state index is -0.780. The molecule has 3 nitrogen and oxygen atoms in total. The number of rotatable bonds is 7. The van der Waals surface area contributed by atoms with E-state index < -0.39 is 12.0 Å². The average molecular weight is 291 g/mol. The number of carboxylic acid groups (broad SMARTS) is 1. The van der Waals surface area contributed by atoms with Crippen molar-refractivity contribution in [1.29, 1.82) is 0 Å². The molecule has 0 saturated heterocycles. The third-order valence-corrected chi connectivity index (χ3v) is 3.75. The van der Waals surface area contributed by atoms with Crippen LogP contribution in [0.5, 0.6) is 0 Å². The fourth-order valence-electron chi connectivity index (χ4n) is 1.72. The van der Waals surface area contributed by atoms with E-state index in [0.717, 1.165) is 23.7 Å². The molecule has 1 N–H and O–H groups in total. The van der Waals surface area contributed by atoms with Crippen LogP contribution in [0.3, 0.4) is 0 Å². The van der Waals surface area contributed by atoms with Gasteiger partial charge in [0.2, 0.25) is 0 Å². The molecule has 0 aliphatic carbocycles. The van der Waals surface area contributed by atoms with Crippen LogP contribution in [0.15, 0.2) is 24.3 Å². The van der Waals surface area contributed by atoms with Gasteiger partial charge in [0.15, 0.2) is 0 Å². The first kappa shape index (κ1) is 18.8. The van der Waals surface area contributed by atoms with Crippen molar-refractivity contribution in [2.45, 2.75) is 26.8 Å². The van der Waals surface area contributed by atoms with Crippen LogP contribution in [-0.4, -0.2) is 64.7 Å². The number of carbonyl (C=O) groups is 1. The molecule has 1 rings (SSSR count). The Labute approximate surface area is 142 Å². The van der Waals surface area contributed by atoms with Crippen molar-refractivity contribution in [3.8, 4) is 0 Å². The van der Waals surface area contributed by atoms with Gasteiger partial charge in [-0.2, -0.15) is 11.8 Å². The Hall–Kier alpha value is -0.160. The van der Waals surface area contributed by atoms with Crippen LogP contribution in [-0.2, 0) is 4.79 Å². The van der Waals surface area contributed by atoms with Gasteiger partial charge in [-0.3, -0.25) is 0 Å². The van der Waals surface area contributed by atoms with Gasteiger partial charge in [-0.05, 0) is 31.7 Å². The SMILES string of the molecule is CCSCCN(c1ccc(C)cc1)[C@@H](C)C(=O)O.[NaH]. The second-order valence-corrected chi connectivity index (χ2v) is 5.63. The van der Waals surface area contributed by atoms with Gasteiger partial charge < -0.3 is 10.0 Å². The van der Waals surface area contributed by atoms with E-state index in [-0.39, 0.29) is 29.6 Å². The number of thioether (sulfide) groups is 1. The maximum atomic E-state index is 11.2. The zero-order chi connectivity index (χ0) is 13.5. The molecule has 5 heteroatoms. The summed E-state index contributed by atoms with van der Waals surface area (Å²) in [6, 6.07) is 7.52. The summed E-state index contributed by atoms with van der Waals surface area (Å²) in [5, 5.41) is 9.18. The molecule has 102 valence electrons. The van der Waals surface area contributed by atoms with Gasteiger partial charge in [-0.1, -0.05) is 24.6 Å². The molecule has 0 aliphatic rings. The van der Waals surface area contributed by atoms with Crippen LogP contribution < -0.4 is 4.90 Å². The van der Waals surface area contributed by atoms with Crippen molar-refractivity contribution < 1.29 is 9.90 Å². The van der Waals surface area contributed by atoms with Crippen LogP contribution in [0.4, 0.5) is 5.69 Å². The Balaban J connectivity index is 0.00000324. The summed E-state index contributed by atoms with van der Waals surface area (Å²) in [4.78, 5) is 13.1. The molecule has 0 aromatic heterocycles. The van der Waals surface area contributed by atoms with Crippen LogP contribution >= 0.6 is 11.8 Å². The molecule has 0 aliphatic heterocycles. The first-order chi connectivity index (χ1) is 8.56. The molecule has 0 amide bonds. The number of benzene rings is 1. The number of nitrogens with zero attached hydrogens (tertiary/aromatic N) is 1. The molecular weight excluding hydrogens is 269 g/mol. The molecule has 0 spiro atoms. The number of carboxylic acids is 1. The van der Waals surface area contributed by atoms with Gasteiger partial charge >= 0.3 is 35.5 Å². The summed E-state index contributed by atoms with van der Waals surface area (Å²) in [7, 11) is 0. The van der Waals surface area contributed by atoms with Gasteiger partial charge in [0.05, 0.1) is 0 Å². The van der Waals surface area contributed by atoms with E-state index in [0.29, 0.717) is 0 Å². The summed E-state index contributed by atoms with van der Waals surface area (Å²) >= 11 is 1.83.